The zero-order chi connectivity index (χ0) is 54.5. The number of fused-ring (bicyclic) bond motifs is 4. The molecule has 6 aliphatic carbocycles. The number of ether oxygens (including phenoxy) is 1. The molecule has 0 spiro atoms. The van der Waals surface area contributed by atoms with Crippen LogP contribution in [0.5, 0.6) is 11.5 Å². The first-order chi connectivity index (χ1) is 39.7. The molecule has 1 aliphatic heterocycles. The van der Waals surface area contributed by atoms with Crippen LogP contribution in [-0.2, 0) is 11.0 Å². The fraction of sp³-hybridized carbons (Fsp3) is 0.0845. The minimum atomic E-state index is -0.719. The Kier molecular flexibility index (Phi) is 8.17. The van der Waals surface area contributed by atoms with Crippen LogP contribution in [0.15, 0.2) is 261 Å². The molecule has 2 aromatic heterocycles. The molecule has 360 valence electrons. The van der Waals surface area contributed by atoms with Gasteiger partial charge in [0.05, 0.1) is 41.3 Å². The van der Waals surface area contributed by atoms with Crippen molar-refractivity contribution in [2.75, 3.05) is 16.5 Å². The Labute approximate surface area is 449 Å². The van der Waals surface area contributed by atoms with Gasteiger partial charge in [-0.1, -0.05) is 194 Å². The molecular formula is C71H50N4O. The molecule has 0 unspecified atom stereocenters. The molecule has 0 saturated carbocycles. The molecule has 0 N–H and O–H groups in total. The van der Waals surface area contributed by atoms with Gasteiger partial charge in [0.25, 0.3) is 0 Å². The van der Waals surface area contributed by atoms with Crippen LogP contribution in [-0.4, -0.2) is 16.2 Å². The van der Waals surface area contributed by atoms with Crippen molar-refractivity contribution in [3.8, 4) is 28.4 Å². The highest BCUT2D eigenvalue weighted by Crippen LogP contribution is 2.71. The van der Waals surface area contributed by atoms with Gasteiger partial charge in [0, 0.05) is 52.2 Å². The SMILES string of the molecule is [2H]c1c([2H])c([2H])c(-c2cnc(-n3c4ccccc4c4ccc(Oc5cccc(N6CN(C78c9ccccc9C(c9ccccc9)(c9ccccc97)C7c9ccccc9C8c8ccccc87)c7ccccc76)c5)cc43)cc2C)c([2H])c1[2H]. The lowest BCUT2D eigenvalue weighted by atomic mass is 9.43. The van der Waals surface area contributed by atoms with E-state index in [0.717, 1.165) is 44.4 Å². The topological polar surface area (TPSA) is 33.5 Å². The van der Waals surface area contributed by atoms with E-state index in [1.807, 2.05) is 37.3 Å². The predicted octanol–water partition coefficient (Wildman–Crippen LogP) is 16.7. The van der Waals surface area contributed by atoms with Gasteiger partial charge in [-0.2, -0.15) is 0 Å². The van der Waals surface area contributed by atoms with Crippen molar-refractivity contribution in [3.63, 3.8) is 0 Å². The summed E-state index contributed by atoms with van der Waals surface area (Å²) in [6.45, 7) is 2.44. The fourth-order valence-corrected chi connectivity index (χ4v) is 14.3. The second-order valence-electron chi connectivity index (χ2n) is 20.6. The van der Waals surface area contributed by atoms with E-state index in [1.165, 1.54) is 50.1 Å². The number of aromatic nitrogens is 2. The highest BCUT2D eigenvalue weighted by Gasteiger charge is 2.66. The number of hydrogen-bond acceptors (Lipinski definition) is 4. The number of pyridine rings is 1. The number of rotatable bonds is 7. The standard InChI is InChI=1S/C71H50N4O/c1-46-41-67(72-44-58(46)47-21-4-2-5-22-47)75-63-36-17-12-27-52(63)53-40-39-51(43-66(53)75)76-50-26-20-25-49(42-50)73-45-74(65-38-19-18-37-64(65)73)71-61-34-15-13-32-59(61)70(48-23-6-3-7-24-48,60-33-14-16-35-62(60)71)68-54-28-8-10-30-56(54)69(71)57-31-11-9-29-55(57)68/h2-44,68-69H,45H2,1H3/i2D,4D,5D,21D,22D. The van der Waals surface area contributed by atoms with Gasteiger partial charge >= 0.3 is 0 Å². The number of nitrogens with zero attached hydrogens (tertiary/aromatic N) is 4. The van der Waals surface area contributed by atoms with E-state index in [1.54, 1.807) is 6.20 Å². The summed E-state index contributed by atoms with van der Waals surface area (Å²) in [6, 6.07) is 80.5. The van der Waals surface area contributed by atoms with Gasteiger partial charge in [0.1, 0.15) is 22.9 Å². The van der Waals surface area contributed by atoms with Crippen molar-refractivity contribution in [1.29, 1.82) is 0 Å². The number of benzene rings is 10. The maximum atomic E-state index is 8.69. The summed E-state index contributed by atoms with van der Waals surface area (Å²) in [7, 11) is 0. The molecule has 12 aromatic rings. The Morgan fingerprint density at radius 2 is 1.11 bits per heavy atom. The third-order valence-corrected chi connectivity index (χ3v) is 17.1. The van der Waals surface area contributed by atoms with E-state index in [4.69, 9.17) is 16.6 Å². The molecule has 3 heterocycles. The van der Waals surface area contributed by atoms with E-state index in [-0.39, 0.29) is 41.6 Å². The Morgan fingerprint density at radius 3 is 1.82 bits per heavy atom. The summed E-state index contributed by atoms with van der Waals surface area (Å²) in [5.41, 5.74) is 17.3. The molecule has 7 aliphatic rings. The second kappa shape index (κ2) is 16.3. The minimum absolute atomic E-state index is 0.0130. The Morgan fingerprint density at radius 1 is 0.513 bits per heavy atom. The summed E-state index contributed by atoms with van der Waals surface area (Å²) in [4.78, 5) is 10.1. The average molecular weight is 980 g/mol. The molecule has 0 amide bonds. The highest BCUT2D eigenvalue weighted by molar-refractivity contribution is 6.09. The number of para-hydroxylation sites is 3. The zero-order valence-electron chi connectivity index (χ0n) is 46.5. The average Bonchev–Trinajstić information content (AvgIpc) is 3.86. The predicted molar refractivity (Wildman–Crippen MR) is 308 cm³/mol. The molecule has 76 heavy (non-hydrogen) atoms. The molecule has 5 heteroatoms. The zero-order valence-corrected chi connectivity index (χ0v) is 41.5. The number of anilines is 3. The summed E-state index contributed by atoms with van der Waals surface area (Å²) in [5, 5.41) is 2.07. The molecule has 0 fully saturated rings. The molecule has 5 nitrogen and oxygen atoms in total. The molecule has 19 rings (SSSR count). The molecule has 0 atom stereocenters. The normalized spacial score (nSPS) is 20.3. The fourth-order valence-electron chi connectivity index (χ4n) is 14.3. The summed E-state index contributed by atoms with van der Waals surface area (Å²) < 4.78 is 51.2. The van der Waals surface area contributed by atoms with Crippen LogP contribution in [0.4, 0.5) is 17.1 Å². The maximum absolute atomic E-state index is 8.69. The molecule has 0 radical (unpaired) electrons. The highest BCUT2D eigenvalue weighted by atomic mass is 16.5. The Bertz CT molecular complexity index is 4510. The van der Waals surface area contributed by atoms with Crippen LogP contribution in [0.25, 0.3) is 38.8 Å². The third kappa shape index (κ3) is 5.77. The lowest BCUT2D eigenvalue weighted by Crippen LogP contribution is -2.61. The first kappa shape index (κ1) is 38.2. The lowest BCUT2D eigenvalue weighted by molar-refractivity contribution is 0.345. The monoisotopic (exact) mass is 979 g/mol. The van der Waals surface area contributed by atoms with Gasteiger partial charge < -0.3 is 14.5 Å². The van der Waals surface area contributed by atoms with Crippen LogP contribution in [0, 0.1) is 6.92 Å². The third-order valence-electron chi connectivity index (χ3n) is 17.1. The van der Waals surface area contributed by atoms with Gasteiger partial charge in [-0.15, -0.1) is 0 Å². The van der Waals surface area contributed by atoms with E-state index < -0.39 is 17.0 Å². The van der Waals surface area contributed by atoms with E-state index in [2.05, 4.69) is 208 Å². The number of aryl methyl sites for hydroxylation is 1. The van der Waals surface area contributed by atoms with Gasteiger partial charge in [0.15, 0.2) is 0 Å². The van der Waals surface area contributed by atoms with Crippen LogP contribution < -0.4 is 14.5 Å². The summed E-state index contributed by atoms with van der Waals surface area (Å²) in [5.74, 6) is 1.90. The lowest BCUT2D eigenvalue weighted by Gasteiger charge is -2.63. The largest absolute Gasteiger partial charge is 0.457 e. The second-order valence-corrected chi connectivity index (χ2v) is 20.6. The van der Waals surface area contributed by atoms with Crippen LogP contribution in [0.2, 0.25) is 0 Å². The van der Waals surface area contributed by atoms with Crippen molar-refractivity contribution in [1.82, 2.24) is 9.55 Å². The van der Waals surface area contributed by atoms with E-state index in [9.17, 15) is 0 Å². The molecule has 10 aromatic carbocycles. The first-order valence-electron chi connectivity index (χ1n) is 28.6. The Balaban J connectivity index is 0.830. The smallest absolute Gasteiger partial charge is 0.137 e. The Hall–Kier alpha value is -9.45. The minimum Gasteiger partial charge on any atom is -0.457 e. The van der Waals surface area contributed by atoms with E-state index >= 15 is 0 Å². The molecule has 0 saturated heterocycles. The van der Waals surface area contributed by atoms with Gasteiger partial charge in [-0.25, -0.2) is 4.98 Å². The van der Waals surface area contributed by atoms with Crippen molar-refractivity contribution < 1.29 is 11.6 Å². The van der Waals surface area contributed by atoms with Gasteiger partial charge in [-0.05, 0) is 117 Å². The van der Waals surface area contributed by atoms with Crippen molar-refractivity contribution >= 4 is 38.9 Å². The van der Waals surface area contributed by atoms with Gasteiger partial charge in [0.2, 0.25) is 0 Å². The van der Waals surface area contributed by atoms with Crippen molar-refractivity contribution in [3.05, 3.63) is 316 Å². The van der Waals surface area contributed by atoms with Crippen molar-refractivity contribution in [2.45, 2.75) is 29.7 Å². The van der Waals surface area contributed by atoms with Crippen LogP contribution >= 0.6 is 0 Å². The quantitative estimate of drug-likeness (QED) is 0.159. The van der Waals surface area contributed by atoms with Gasteiger partial charge in [-0.3, -0.25) is 4.57 Å². The van der Waals surface area contributed by atoms with E-state index in [0.29, 0.717) is 29.5 Å². The number of hydrogen-bond donors (Lipinski definition) is 0. The first-order valence-corrected chi connectivity index (χ1v) is 26.1. The van der Waals surface area contributed by atoms with Crippen LogP contribution in [0.3, 0.4) is 0 Å². The van der Waals surface area contributed by atoms with Crippen LogP contribution in [0.1, 0.15) is 74.3 Å². The molecular weight excluding hydrogens is 925 g/mol. The molecule has 4 bridgehead atoms. The van der Waals surface area contributed by atoms with Crippen molar-refractivity contribution in [2.24, 2.45) is 0 Å². The summed E-state index contributed by atoms with van der Waals surface area (Å²) >= 11 is 0. The summed E-state index contributed by atoms with van der Waals surface area (Å²) in [6.07, 6.45) is 1.62. The maximum Gasteiger partial charge on any atom is 0.137 e.